The van der Waals surface area contributed by atoms with Crippen molar-refractivity contribution in [3.8, 4) is 11.5 Å². The molecule has 1 atom stereocenters. The van der Waals surface area contributed by atoms with Crippen LogP contribution in [-0.2, 0) is 9.47 Å². The van der Waals surface area contributed by atoms with Crippen molar-refractivity contribution in [1.29, 1.82) is 0 Å². The first-order valence-corrected chi connectivity index (χ1v) is 12.9. The Balaban J connectivity index is 1.31. The predicted octanol–water partition coefficient (Wildman–Crippen LogP) is 5.46. The van der Waals surface area contributed by atoms with Gasteiger partial charge in [-0.1, -0.05) is 0 Å². The molecule has 9 heteroatoms. The van der Waals surface area contributed by atoms with Crippen LogP contribution in [0.4, 0.5) is 10.6 Å². The maximum absolute atomic E-state index is 12.8. The number of hydrogen-bond donors (Lipinski definition) is 1. The third-order valence-electron chi connectivity index (χ3n) is 6.66. The zero-order valence-electron chi connectivity index (χ0n) is 21.0. The van der Waals surface area contributed by atoms with Gasteiger partial charge in [-0.3, -0.25) is 9.58 Å². The Morgan fingerprint density at radius 2 is 1.94 bits per heavy atom. The summed E-state index contributed by atoms with van der Waals surface area (Å²) in [5, 5.41) is 8.35. The van der Waals surface area contributed by atoms with Crippen LogP contribution in [0.25, 0.3) is 0 Å². The first kappa shape index (κ1) is 23.9. The van der Waals surface area contributed by atoms with E-state index in [4.69, 9.17) is 19.3 Å². The van der Waals surface area contributed by atoms with Gasteiger partial charge in [0.2, 0.25) is 0 Å². The van der Waals surface area contributed by atoms with Crippen LogP contribution < -0.4 is 10.1 Å². The lowest BCUT2D eigenvalue weighted by atomic mass is 9.96. The van der Waals surface area contributed by atoms with Crippen LogP contribution in [0.1, 0.15) is 83.4 Å². The van der Waals surface area contributed by atoms with Crippen LogP contribution in [0.3, 0.4) is 0 Å². The van der Waals surface area contributed by atoms with E-state index in [1.165, 1.54) is 12.8 Å². The van der Waals surface area contributed by atoms with Crippen molar-refractivity contribution < 1.29 is 19.0 Å². The van der Waals surface area contributed by atoms with E-state index >= 15 is 0 Å². The topological polar surface area (TPSA) is 90.7 Å². The van der Waals surface area contributed by atoms with E-state index in [2.05, 4.69) is 15.0 Å². The molecule has 35 heavy (non-hydrogen) atoms. The molecule has 2 aromatic heterocycles. The maximum atomic E-state index is 12.8. The van der Waals surface area contributed by atoms with Gasteiger partial charge in [0.25, 0.3) is 0 Å². The molecule has 1 unspecified atom stereocenters. The number of amides is 1. The minimum absolute atomic E-state index is 0.170. The van der Waals surface area contributed by atoms with Gasteiger partial charge in [0.1, 0.15) is 29.0 Å². The van der Waals surface area contributed by atoms with Crippen LogP contribution in [0.2, 0.25) is 0 Å². The third-order valence-corrected chi connectivity index (χ3v) is 6.66. The number of carbonyl (C=O) groups excluding carboxylic acids is 1. The van der Waals surface area contributed by atoms with Crippen LogP contribution >= 0.6 is 0 Å². The van der Waals surface area contributed by atoms with Crippen LogP contribution in [0, 0.1) is 0 Å². The monoisotopic (exact) mass is 483 g/mol. The first-order valence-electron chi connectivity index (χ1n) is 12.9. The number of anilines is 1. The van der Waals surface area contributed by atoms with Gasteiger partial charge in [-0.25, -0.2) is 9.78 Å². The summed E-state index contributed by atoms with van der Waals surface area (Å²) in [5.41, 5.74) is 0.493. The number of nitrogens with zero attached hydrogens (tertiary/aromatic N) is 4. The second-order valence-electron chi connectivity index (χ2n) is 10.8. The van der Waals surface area contributed by atoms with Crippen molar-refractivity contribution in [2.75, 3.05) is 25.1 Å². The Morgan fingerprint density at radius 1 is 1.14 bits per heavy atom. The SMILES string of the molecule is CC(C)(C)OC(=O)N1CCCCC1Nc1cc(Oc2cn(C3CC3)nc2C2CCOCC2)ccn1. The molecule has 4 heterocycles. The molecule has 2 aromatic rings. The lowest BCUT2D eigenvalue weighted by molar-refractivity contribution is 0.0130. The lowest BCUT2D eigenvalue weighted by Crippen LogP contribution is -2.49. The quantitative estimate of drug-likeness (QED) is 0.583. The Labute approximate surface area is 207 Å². The summed E-state index contributed by atoms with van der Waals surface area (Å²) >= 11 is 0. The van der Waals surface area contributed by atoms with E-state index in [1.807, 2.05) is 39.1 Å². The minimum atomic E-state index is -0.530. The van der Waals surface area contributed by atoms with Crippen molar-refractivity contribution in [2.45, 2.75) is 89.4 Å². The summed E-state index contributed by atoms with van der Waals surface area (Å²) in [4.78, 5) is 19.0. The minimum Gasteiger partial charge on any atom is -0.454 e. The van der Waals surface area contributed by atoms with Gasteiger partial charge in [-0.15, -0.1) is 0 Å². The molecule has 1 saturated carbocycles. The van der Waals surface area contributed by atoms with Crippen molar-refractivity contribution in [2.24, 2.45) is 0 Å². The molecule has 0 aromatic carbocycles. The molecule has 2 aliphatic heterocycles. The highest BCUT2D eigenvalue weighted by Gasteiger charge is 2.32. The van der Waals surface area contributed by atoms with E-state index in [0.29, 0.717) is 30.1 Å². The zero-order chi connectivity index (χ0) is 24.4. The second kappa shape index (κ2) is 10.0. The molecule has 9 nitrogen and oxygen atoms in total. The number of likely N-dealkylation sites (tertiary alicyclic amines) is 1. The molecule has 3 fully saturated rings. The molecule has 5 rings (SSSR count). The Bertz CT molecular complexity index is 1020. The van der Waals surface area contributed by atoms with Crippen molar-refractivity contribution in [3.05, 3.63) is 30.2 Å². The summed E-state index contributed by atoms with van der Waals surface area (Å²) in [6.07, 6.45) is 10.4. The molecule has 1 aliphatic carbocycles. The van der Waals surface area contributed by atoms with Crippen LogP contribution in [0.5, 0.6) is 11.5 Å². The van der Waals surface area contributed by atoms with Crippen molar-refractivity contribution >= 4 is 11.9 Å². The largest absolute Gasteiger partial charge is 0.454 e. The fourth-order valence-electron chi connectivity index (χ4n) is 4.72. The number of pyridine rings is 1. The number of rotatable bonds is 6. The summed E-state index contributed by atoms with van der Waals surface area (Å²) in [7, 11) is 0. The van der Waals surface area contributed by atoms with Gasteiger partial charge in [-0.2, -0.15) is 5.10 Å². The van der Waals surface area contributed by atoms with E-state index in [0.717, 1.165) is 56.8 Å². The first-order chi connectivity index (χ1) is 16.9. The Morgan fingerprint density at radius 3 is 2.69 bits per heavy atom. The van der Waals surface area contributed by atoms with E-state index in [-0.39, 0.29) is 12.3 Å². The number of ether oxygens (including phenoxy) is 3. The highest BCUT2D eigenvalue weighted by molar-refractivity contribution is 5.69. The van der Waals surface area contributed by atoms with Gasteiger partial charge in [0, 0.05) is 37.9 Å². The van der Waals surface area contributed by atoms with E-state index in [9.17, 15) is 4.79 Å². The number of carbonyl (C=O) groups is 1. The molecular weight excluding hydrogens is 446 g/mol. The van der Waals surface area contributed by atoms with E-state index < -0.39 is 5.60 Å². The zero-order valence-corrected chi connectivity index (χ0v) is 21.0. The highest BCUT2D eigenvalue weighted by Crippen LogP contribution is 2.40. The number of piperidine rings is 1. The number of nitrogens with one attached hydrogen (secondary N) is 1. The van der Waals surface area contributed by atoms with Crippen molar-refractivity contribution in [3.63, 3.8) is 0 Å². The van der Waals surface area contributed by atoms with Crippen molar-refractivity contribution in [1.82, 2.24) is 19.7 Å². The Hall–Kier alpha value is -2.81. The van der Waals surface area contributed by atoms with Crippen LogP contribution in [0.15, 0.2) is 24.5 Å². The highest BCUT2D eigenvalue weighted by atomic mass is 16.6. The molecule has 1 amide bonds. The normalized spacial score (nSPS) is 21.6. The summed E-state index contributed by atoms with van der Waals surface area (Å²) in [6.45, 7) is 7.86. The van der Waals surface area contributed by atoms with Gasteiger partial charge < -0.3 is 19.5 Å². The number of hydrogen-bond acceptors (Lipinski definition) is 7. The number of aromatic nitrogens is 3. The second-order valence-corrected chi connectivity index (χ2v) is 10.8. The molecule has 0 spiro atoms. The summed E-state index contributed by atoms with van der Waals surface area (Å²) in [6, 6.07) is 4.25. The molecule has 3 aliphatic rings. The fraction of sp³-hybridized carbons (Fsp3) is 0.654. The molecule has 0 bridgehead atoms. The molecule has 190 valence electrons. The molecule has 1 N–H and O–H groups in total. The summed E-state index contributed by atoms with van der Waals surface area (Å²) < 4.78 is 19.6. The standard InChI is InChI=1S/C26H37N5O4/c1-26(2,3)35-25(32)30-13-5-4-6-23(30)28-22-16-20(9-12-27-22)34-21-17-31(19-7-8-19)29-24(21)18-10-14-33-15-11-18/h9,12,16-19,23H,4-8,10-11,13-15H2,1-3H3,(H,27,28). The van der Waals surface area contributed by atoms with Gasteiger partial charge in [-0.05, 0) is 71.8 Å². The average Bonchev–Trinajstić information content (AvgIpc) is 3.60. The molecular formula is C26H37N5O4. The molecule has 0 radical (unpaired) electrons. The molecule has 2 saturated heterocycles. The van der Waals surface area contributed by atoms with Crippen LogP contribution in [-0.4, -0.2) is 57.3 Å². The fourth-order valence-corrected chi connectivity index (χ4v) is 4.72. The predicted molar refractivity (Wildman–Crippen MR) is 132 cm³/mol. The maximum Gasteiger partial charge on any atom is 0.411 e. The third kappa shape index (κ3) is 6.07. The average molecular weight is 484 g/mol. The van der Waals surface area contributed by atoms with E-state index in [1.54, 1.807) is 11.1 Å². The van der Waals surface area contributed by atoms with Gasteiger partial charge in [0.05, 0.1) is 12.2 Å². The summed E-state index contributed by atoms with van der Waals surface area (Å²) in [5.74, 6) is 2.53. The van der Waals surface area contributed by atoms with Gasteiger partial charge in [0.15, 0.2) is 5.75 Å². The Kier molecular flexibility index (Phi) is 6.86. The lowest BCUT2D eigenvalue weighted by Gasteiger charge is -2.37. The van der Waals surface area contributed by atoms with Gasteiger partial charge >= 0.3 is 6.09 Å². The smallest absolute Gasteiger partial charge is 0.411 e.